The molecule has 2 heterocycles. The Morgan fingerprint density at radius 2 is 1.57 bits per heavy atom. The Morgan fingerprint density at radius 3 is 2.29 bits per heavy atom. The van der Waals surface area contributed by atoms with E-state index in [0.717, 1.165) is 17.7 Å². The lowest BCUT2D eigenvalue weighted by Crippen LogP contribution is -2.23. The van der Waals surface area contributed by atoms with Gasteiger partial charge in [0.1, 0.15) is 5.02 Å². The molecule has 2 aromatic carbocycles. The van der Waals surface area contributed by atoms with Crippen molar-refractivity contribution in [3.8, 4) is 11.4 Å². The standard InChI is InChI=1S/C21H18ClN5O/c22-20-19(14-25-27(21(20)28)18-9-5-2-6-10-18)23-12-11-16-13-24-26(15-16)17-7-3-1-4-8-17/h1-10,13-15,23H,11-12H2. The molecule has 140 valence electrons. The van der Waals surface area contributed by atoms with Crippen LogP contribution in [0.5, 0.6) is 0 Å². The van der Waals surface area contributed by atoms with E-state index >= 15 is 0 Å². The van der Waals surface area contributed by atoms with Gasteiger partial charge < -0.3 is 5.32 Å². The molecule has 7 heteroatoms. The van der Waals surface area contributed by atoms with Crippen LogP contribution >= 0.6 is 11.6 Å². The van der Waals surface area contributed by atoms with Crippen LogP contribution in [0.1, 0.15) is 5.56 Å². The van der Waals surface area contributed by atoms with Gasteiger partial charge in [-0.1, -0.05) is 48.0 Å². The highest BCUT2D eigenvalue weighted by Gasteiger charge is 2.10. The molecule has 0 radical (unpaired) electrons. The van der Waals surface area contributed by atoms with Crippen LogP contribution < -0.4 is 10.9 Å². The van der Waals surface area contributed by atoms with E-state index in [1.165, 1.54) is 4.68 Å². The third-order valence-electron chi connectivity index (χ3n) is 4.31. The molecule has 1 N–H and O–H groups in total. The van der Waals surface area contributed by atoms with Crippen molar-refractivity contribution in [3.05, 3.63) is 100 Å². The summed E-state index contributed by atoms with van der Waals surface area (Å²) in [5, 5.41) is 11.9. The van der Waals surface area contributed by atoms with Crippen LogP contribution in [0, 0.1) is 0 Å². The molecule has 0 amide bonds. The average Bonchev–Trinajstić information content (AvgIpc) is 3.21. The average molecular weight is 392 g/mol. The highest BCUT2D eigenvalue weighted by Crippen LogP contribution is 2.17. The number of benzene rings is 2. The lowest BCUT2D eigenvalue weighted by Gasteiger charge is -2.10. The van der Waals surface area contributed by atoms with E-state index in [1.54, 1.807) is 6.20 Å². The van der Waals surface area contributed by atoms with Gasteiger partial charge in [0.25, 0.3) is 5.56 Å². The minimum Gasteiger partial charge on any atom is -0.382 e. The predicted octanol–water partition coefficient (Wildman–Crippen LogP) is 3.73. The van der Waals surface area contributed by atoms with Crippen molar-refractivity contribution in [1.29, 1.82) is 0 Å². The number of rotatable bonds is 6. The van der Waals surface area contributed by atoms with E-state index in [4.69, 9.17) is 11.6 Å². The number of hydrogen-bond donors (Lipinski definition) is 1. The van der Waals surface area contributed by atoms with Gasteiger partial charge in [-0.15, -0.1) is 0 Å². The molecule has 4 aromatic rings. The molecule has 0 aliphatic carbocycles. The monoisotopic (exact) mass is 391 g/mol. The topological polar surface area (TPSA) is 64.7 Å². The minimum atomic E-state index is -0.352. The van der Waals surface area contributed by atoms with Gasteiger partial charge in [-0.05, 0) is 36.2 Å². The van der Waals surface area contributed by atoms with Gasteiger partial charge in [-0.25, -0.2) is 4.68 Å². The molecule has 4 rings (SSSR count). The summed E-state index contributed by atoms with van der Waals surface area (Å²) in [5.41, 5.74) is 2.94. The summed E-state index contributed by atoms with van der Waals surface area (Å²) in [5.74, 6) is 0. The Balaban J connectivity index is 1.43. The molecule has 0 spiro atoms. The second-order valence-electron chi connectivity index (χ2n) is 6.23. The van der Waals surface area contributed by atoms with E-state index in [0.29, 0.717) is 17.9 Å². The van der Waals surface area contributed by atoms with E-state index < -0.39 is 0 Å². The summed E-state index contributed by atoms with van der Waals surface area (Å²) in [4.78, 5) is 12.5. The number of nitrogens with one attached hydrogen (secondary N) is 1. The molecule has 0 unspecified atom stereocenters. The van der Waals surface area contributed by atoms with Crippen molar-refractivity contribution < 1.29 is 0 Å². The molecule has 2 aromatic heterocycles. The van der Waals surface area contributed by atoms with Crippen LogP contribution in [0.25, 0.3) is 11.4 Å². The summed E-state index contributed by atoms with van der Waals surface area (Å²) in [6, 6.07) is 19.1. The van der Waals surface area contributed by atoms with Crippen LogP contribution in [-0.4, -0.2) is 26.1 Å². The molecule has 0 fully saturated rings. The fraction of sp³-hybridized carbons (Fsp3) is 0.0952. The maximum absolute atomic E-state index is 12.5. The zero-order chi connectivity index (χ0) is 19.3. The molecule has 0 bridgehead atoms. The second kappa shape index (κ2) is 8.10. The maximum atomic E-state index is 12.5. The smallest absolute Gasteiger partial charge is 0.292 e. The van der Waals surface area contributed by atoms with E-state index in [-0.39, 0.29) is 10.6 Å². The van der Waals surface area contributed by atoms with Crippen LogP contribution in [-0.2, 0) is 6.42 Å². The van der Waals surface area contributed by atoms with Gasteiger partial charge in [-0.3, -0.25) is 4.79 Å². The van der Waals surface area contributed by atoms with Crippen molar-refractivity contribution in [2.45, 2.75) is 6.42 Å². The van der Waals surface area contributed by atoms with Gasteiger partial charge in [-0.2, -0.15) is 14.9 Å². The number of aromatic nitrogens is 4. The highest BCUT2D eigenvalue weighted by atomic mass is 35.5. The van der Waals surface area contributed by atoms with Crippen molar-refractivity contribution in [3.63, 3.8) is 0 Å². The van der Waals surface area contributed by atoms with Crippen LogP contribution in [0.4, 0.5) is 5.69 Å². The second-order valence-corrected chi connectivity index (χ2v) is 6.61. The van der Waals surface area contributed by atoms with Crippen LogP contribution in [0.3, 0.4) is 0 Å². The highest BCUT2D eigenvalue weighted by molar-refractivity contribution is 6.32. The third kappa shape index (κ3) is 3.82. The van der Waals surface area contributed by atoms with E-state index in [1.807, 2.05) is 77.7 Å². The minimum absolute atomic E-state index is 0.124. The van der Waals surface area contributed by atoms with Gasteiger partial charge in [0.2, 0.25) is 0 Å². The first-order chi connectivity index (χ1) is 13.7. The van der Waals surface area contributed by atoms with Gasteiger partial charge in [0, 0.05) is 12.7 Å². The van der Waals surface area contributed by atoms with Crippen molar-refractivity contribution in [1.82, 2.24) is 19.6 Å². The fourth-order valence-electron chi connectivity index (χ4n) is 2.86. The summed E-state index contributed by atoms with van der Waals surface area (Å²) in [7, 11) is 0. The van der Waals surface area contributed by atoms with E-state index in [2.05, 4.69) is 15.5 Å². The summed E-state index contributed by atoms with van der Waals surface area (Å²) in [6.07, 6.45) is 6.14. The van der Waals surface area contributed by atoms with Crippen LogP contribution in [0.15, 0.2) is 84.0 Å². The molecular weight excluding hydrogens is 374 g/mol. The predicted molar refractivity (Wildman–Crippen MR) is 111 cm³/mol. The molecule has 0 atom stereocenters. The Labute approximate surface area is 167 Å². The zero-order valence-electron chi connectivity index (χ0n) is 15.0. The summed E-state index contributed by atoms with van der Waals surface area (Å²) in [6.45, 7) is 0.608. The normalized spacial score (nSPS) is 10.8. The Hall–Kier alpha value is -3.38. The van der Waals surface area contributed by atoms with Gasteiger partial charge in [0.05, 0.1) is 29.5 Å². The maximum Gasteiger partial charge on any atom is 0.292 e. The quantitative estimate of drug-likeness (QED) is 0.544. The Morgan fingerprint density at radius 1 is 0.893 bits per heavy atom. The van der Waals surface area contributed by atoms with Gasteiger partial charge >= 0.3 is 0 Å². The molecule has 0 saturated heterocycles. The first kappa shape index (κ1) is 18.0. The lowest BCUT2D eigenvalue weighted by molar-refractivity contribution is 0.806. The summed E-state index contributed by atoms with van der Waals surface area (Å²) >= 11 is 6.26. The number of para-hydroxylation sites is 2. The molecule has 0 saturated carbocycles. The van der Waals surface area contributed by atoms with Crippen molar-refractivity contribution in [2.75, 3.05) is 11.9 Å². The summed E-state index contributed by atoms with van der Waals surface area (Å²) < 4.78 is 3.13. The SMILES string of the molecule is O=c1c(Cl)c(NCCc2cnn(-c3ccccc3)c2)cnn1-c1ccccc1. The molecule has 6 nitrogen and oxygen atoms in total. The van der Waals surface area contributed by atoms with E-state index in [9.17, 15) is 4.79 Å². The number of hydrogen-bond acceptors (Lipinski definition) is 4. The molecule has 0 aliphatic heterocycles. The number of nitrogens with zero attached hydrogens (tertiary/aromatic N) is 4. The number of anilines is 1. The third-order valence-corrected chi connectivity index (χ3v) is 4.67. The molecule has 28 heavy (non-hydrogen) atoms. The van der Waals surface area contributed by atoms with Crippen molar-refractivity contribution in [2.24, 2.45) is 0 Å². The Bertz CT molecular complexity index is 1120. The molecule has 0 aliphatic rings. The Kier molecular flexibility index (Phi) is 5.21. The van der Waals surface area contributed by atoms with Gasteiger partial charge in [0.15, 0.2) is 0 Å². The fourth-order valence-corrected chi connectivity index (χ4v) is 3.06. The first-order valence-electron chi connectivity index (χ1n) is 8.88. The lowest BCUT2D eigenvalue weighted by atomic mass is 10.2. The van der Waals surface area contributed by atoms with Crippen molar-refractivity contribution >= 4 is 17.3 Å². The van der Waals surface area contributed by atoms with Crippen LogP contribution in [0.2, 0.25) is 5.02 Å². The first-order valence-corrected chi connectivity index (χ1v) is 9.26. The molecular formula is C21H18ClN5O. The number of halogens is 1. The largest absolute Gasteiger partial charge is 0.382 e. The zero-order valence-corrected chi connectivity index (χ0v) is 15.8.